The predicted octanol–water partition coefficient (Wildman–Crippen LogP) is 4.43. The number of H-pyrrole nitrogens is 1. The highest BCUT2D eigenvalue weighted by atomic mass is 79.9. The molecule has 7 heteroatoms. The molecule has 31 heavy (non-hydrogen) atoms. The number of carbonyl (C=O) groups is 3. The lowest BCUT2D eigenvalue weighted by molar-refractivity contribution is -0.138. The molecule has 2 aromatic carbocycles. The highest BCUT2D eigenvalue weighted by Crippen LogP contribution is 2.28. The van der Waals surface area contributed by atoms with Crippen molar-refractivity contribution in [1.29, 1.82) is 0 Å². The van der Waals surface area contributed by atoms with Crippen molar-refractivity contribution >= 4 is 50.2 Å². The number of benzene rings is 2. The number of rotatable bonds is 7. The van der Waals surface area contributed by atoms with Crippen molar-refractivity contribution < 1.29 is 14.4 Å². The molecule has 1 N–H and O–H groups in total. The first kappa shape index (κ1) is 21.3. The minimum absolute atomic E-state index is 0.0121. The highest BCUT2D eigenvalue weighted by molar-refractivity contribution is 9.10. The number of anilines is 1. The molecule has 3 aromatic rings. The fourth-order valence-corrected chi connectivity index (χ4v) is 4.38. The van der Waals surface area contributed by atoms with Crippen molar-refractivity contribution in [3.05, 3.63) is 64.8 Å². The summed E-state index contributed by atoms with van der Waals surface area (Å²) >= 11 is 3.37. The average molecular weight is 482 g/mol. The Morgan fingerprint density at radius 3 is 2.65 bits per heavy atom. The quantitative estimate of drug-likeness (QED) is 0.507. The molecule has 0 spiro atoms. The fourth-order valence-electron chi connectivity index (χ4n) is 4.11. The third-order valence-electron chi connectivity index (χ3n) is 5.67. The second-order valence-corrected chi connectivity index (χ2v) is 8.63. The Bertz CT molecular complexity index is 1120. The van der Waals surface area contributed by atoms with E-state index in [1.807, 2.05) is 37.4 Å². The number of hydrogen-bond acceptors (Lipinski definition) is 3. The van der Waals surface area contributed by atoms with Crippen LogP contribution in [0, 0.1) is 0 Å². The number of imide groups is 1. The number of aromatic amines is 1. The maximum Gasteiger partial charge on any atom is 0.257 e. The summed E-state index contributed by atoms with van der Waals surface area (Å²) in [6.45, 7) is 2.32. The van der Waals surface area contributed by atoms with Crippen LogP contribution in [0.1, 0.15) is 31.7 Å². The van der Waals surface area contributed by atoms with Gasteiger partial charge in [-0.2, -0.15) is 0 Å². The molecule has 3 amide bonds. The molecule has 1 atom stereocenters. The summed E-state index contributed by atoms with van der Waals surface area (Å²) in [5.41, 5.74) is 2.66. The lowest BCUT2D eigenvalue weighted by atomic mass is 10.1. The average Bonchev–Trinajstić information content (AvgIpc) is 3.30. The van der Waals surface area contributed by atoms with Crippen molar-refractivity contribution in [2.24, 2.45) is 0 Å². The van der Waals surface area contributed by atoms with Crippen molar-refractivity contribution in [2.45, 2.75) is 38.6 Å². The number of para-hydroxylation sites is 1. The van der Waals surface area contributed by atoms with E-state index in [0.29, 0.717) is 31.5 Å². The molecular formula is C24H24BrN3O3. The Morgan fingerprint density at radius 2 is 1.90 bits per heavy atom. The van der Waals surface area contributed by atoms with Gasteiger partial charge in [0.05, 0.1) is 12.1 Å². The van der Waals surface area contributed by atoms with Crippen LogP contribution in [0.3, 0.4) is 0 Å². The smallest absolute Gasteiger partial charge is 0.257 e. The number of amides is 3. The summed E-state index contributed by atoms with van der Waals surface area (Å²) in [5.74, 6) is -0.708. The summed E-state index contributed by atoms with van der Waals surface area (Å²) < 4.78 is 0.866. The van der Waals surface area contributed by atoms with E-state index >= 15 is 0 Å². The summed E-state index contributed by atoms with van der Waals surface area (Å²) in [6.07, 6.45) is 3.61. The first-order valence-electron chi connectivity index (χ1n) is 10.5. The third-order valence-corrected chi connectivity index (χ3v) is 6.19. The Labute approximate surface area is 189 Å². The molecule has 0 aliphatic carbocycles. The van der Waals surface area contributed by atoms with Gasteiger partial charge in [0.1, 0.15) is 6.04 Å². The van der Waals surface area contributed by atoms with Crippen molar-refractivity contribution in [3.63, 3.8) is 0 Å². The van der Waals surface area contributed by atoms with Gasteiger partial charge >= 0.3 is 0 Å². The Kier molecular flexibility index (Phi) is 6.23. The zero-order valence-corrected chi connectivity index (χ0v) is 18.9. The Morgan fingerprint density at radius 1 is 1.16 bits per heavy atom. The van der Waals surface area contributed by atoms with Gasteiger partial charge in [0.15, 0.2) is 0 Å². The molecule has 4 rings (SSSR count). The van der Waals surface area contributed by atoms with Crippen LogP contribution in [0.2, 0.25) is 0 Å². The molecule has 1 aliphatic rings. The highest BCUT2D eigenvalue weighted by Gasteiger charge is 2.44. The standard InChI is InChI=1S/C24H24BrN3O3/c1-2-5-22(29)27(13-12-16-15-26-20-7-4-3-6-19(16)20)21-14-23(30)28(24(21)31)18-10-8-17(25)9-11-18/h3-4,6-11,15,21,26H,2,5,12-14H2,1H3. The van der Waals surface area contributed by atoms with E-state index in [9.17, 15) is 14.4 Å². The number of aromatic nitrogens is 1. The number of nitrogens with one attached hydrogen (secondary N) is 1. The van der Waals surface area contributed by atoms with Gasteiger partial charge in [-0.1, -0.05) is 41.1 Å². The van der Waals surface area contributed by atoms with E-state index in [2.05, 4.69) is 20.9 Å². The zero-order valence-electron chi connectivity index (χ0n) is 17.3. The van der Waals surface area contributed by atoms with E-state index in [-0.39, 0.29) is 24.1 Å². The SMILES string of the molecule is CCCC(=O)N(CCc1c[nH]c2ccccc12)C1CC(=O)N(c2ccc(Br)cc2)C1=O. The van der Waals surface area contributed by atoms with E-state index in [4.69, 9.17) is 0 Å². The predicted molar refractivity (Wildman–Crippen MR) is 124 cm³/mol. The van der Waals surface area contributed by atoms with Crippen molar-refractivity contribution in [3.8, 4) is 0 Å². The van der Waals surface area contributed by atoms with Gasteiger partial charge in [-0.3, -0.25) is 14.4 Å². The van der Waals surface area contributed by atoms with Crippen LogP contribution >= 0.6 is 15.9 Å². The number of hydrogen-bond donors (Lipinski definition) is 1. The second kappa shape index (κ2) is 9.06. The first-order chi connectivity index (χ1) is 15.0. The molecule has 2 heterocycles. The van der Waals surface area contributed by atoms with Crippen LogP contribution in [0.5, 0.6) is 0 Å². The second-order valence-electron chi connectivity index (χ2n) is 7.71. The van der Waals surface area contributed by atoms with Crippen LogP contribution in [0.25, 0.3) is 10.9 Å². The number of halogens is 1. The molecule has 1 aromatic heterocycles. The summed E-state index contributed by atoms with van der Waals surface area (Å²) in [4.78, 5) is 44.9. The normalized spacial score (nSPS) is 16.3. The third kappa shape index (κ3) is 4.28. The molecule has 0 saturated carbocycles. The van der Waals surface area contributed by atoms with E-state index in [0.717, 1.165) is 20.9 Å². The number of nitrogens with zero attached hydrogens (tertiary/aromatic N) is 2. The van der Waals surface area contributed by atoms with Crippen LogP contribution in [0.15, 0.2) is 59.2 Å². The van der Waals surface area contributed by atoms with Gasteiger partial charge < -0.3 is 9.88 Å². The van der Waals surface area contributed by atoms with E-state index < -0.39 is 6.04 Å². The monoisotopic (exact) mass is 481 g/mol. The van der Waals surface area contributed by atoms with E-state index in [1.165, 1.54) is 4.90 Å². The minimum Gasteiger partial charge on any atom is -0.361 e. The van der Waals surface area contributed by atoms with Crippen molar-refractivity contribution in [1.82, 2.24) is 9.88 Å². The number of fused-ring (bicyclic) bond motifs is 1. The Balaban J connectivity index is 1.57. The maximum absolute atomic E-state index is 13.2. The fraction of sp³-hybridized carbons (Fsp3) is 0.292. The molecule has 6 nitrogen and oxygen atoms in total. The van der Waals surface area contributed by atoms with Crippen molar-refractivity contribution in [2.75, 3.05) is 11.4 Å². The van der Waals surface area contributed by atoms with Gasteiger partial charge in [0.2, 0.25) is 11.8 Å². The van der Waals surface area contributed by atoms with Crippen LogP contribution < -0.4 is 4.90 Å². The van der Waals surface area contributed by atoms with Gasteiger partial charge in [-0.15, -0.1) is 0 Å². The summed E-state index contributed by atoms with van der Waals surface area (Å²) in [7, 11) is 0. The molecule has 160 valence electrons. The molecule has 1 fully saturated rings. The lowest BCUT2D eigenvalue weighted by Gasteiger charge is -2.27. The van der Waals surface area contributed by atoms with E-state index in [1.54, 1.807) is 29.2 Å². The molecule has 1 unspecified atom stereocenters. The van der Waals surface area contributed by atoms with Gasteiger partial charge in [-0.05, 0) is 48.7 Å². The summed E-state index contributed by atoms with van der Waals surface area (Å²) in [6, 6.07) is 14.3. The molecule has 0 radical (unpaired) electrons. The molecule has 1 aliphatic heterocycles. The topological polar surface area (TPSA) is 73.5 Å². The van der Waals surface area contributed by atoms with Crippen LogP contribution in [-0.2, 0) is 20.8 Å². The van der Waals surface area contributed by atoms with Gasteiger partial charge in [-0.25, -0.2) is 4.90 Å². The van der Waals surface area contributed by atoms with Gasteiger partial charge in [0.25, 0.3) is 5.91 Å². The van der Waals surface area contributed by atoms with Crippen LogP contribution in [-0.4, -0.2) is 40.2 Å². The first-order valence-corrected chi connectivity index (χ1v) is 11.3. The summed E-state index contributed by atoms with van der Waals surface area (Å²) in [5, 5.41) is 1.11. The van der Waals surface area contributed by atoms with Gasteiger partial charge in [0, 0.05) is 34.5 Å². The Hall–Kier alpha value is -2.93. The molecule has 0 bridgehead atoms. The zero-order chi connectivity index (χ0) is 22.0. The minimum atomic E-state index is -0.764. The molecular weight excluding hydrogens is 458 g/mol. The maximum atomic E-state index is 13.2. The molecule has 1 saturated heterocycles. The largest absolute Gasteiger partial charge is 0.361 e. The lowest BCUT2D eigenvalue weighted by Crippen LogP contribution is -2.46. The number of carbonyl (C=O) groups excluding carboxylic acids is 3. The van der Waals surface area contributed by atoms with Crippen LogP contribution in [0.4, 0.5) is 5.69 Å².